The van der Waals surface area contributed by atoms with Gasteiger partial charge in [-0.05, 0) is 12.1 Å². The van der Waals surface area contributed by atoms with Crippen LogP contribution in [-0.4, -0.2) is 28.8 Å². The summed E-state index contributed by atoms with van der Waals surface area (Å²) < 4.78 is 4.60. The molecule has 1 amide bonds. The predicted octanol–water partition coefficient (Wildman–Crippen LogP) is 2.54. The van der Waals surface area contributed by atoms with Gasteiger partial charge in [-0.15, -0.1) is 0 Å². The number of carbonyl (C=O) groups excluding carboxylic acids is 2. The molecule has 0 aliphatic rings. The molecule has 0 spiro atoms. The third kappa shape index (κ3) is 3.93. The van der Waals surface area contributed by atoms with Crippen LogP contribution in [0.4, 0.5) is 17.1 Å². The third-order valence-electron chi connectivity index (χ3n) is 3.17. The molecule has 128 valence electrons. The van der Waals surface area contributed by atoms with Crippen LogP contribution in [0.2, 0.25) is 0 Å². The second-order valence-corrected chi connectivity index (χ2v) is 4.74. The van der Waals surface area contributed by atoms with Crippen LogP contribution in [0.5, 0.6) is 0 Å². The highest BCUT2D eigenvalue weighted by atomic mass is 16.6. The number of hydrogen-bond acceptors (Lipinski definition) is 7. The number of ether oxygens (including phenoxy) is 1. The number of nitro groups is 2. The quantitative estimate of drug-likeness (QED) is 0.498. The van der Waals surface area contributed by atoms with Crippen molar-refractivity contribution < 1.29 is 24.2 Å². The van der Waals surface area contributed by atoms with Gasteiger partial charge in [0, 0.05) is 12.1 Å². The molecular weight excluding hydrogens is 334 g/mol. The SMILES string of the molecule is COC(=O)c1ccccc1NC(=O)c1cc([N+](=O)[O-])cc([N+](=O)[O-])c1. The zero-order valence-corrected chi connectivity index (χ0v) is 12.8. The van der Waals surface area contributed by atoms with Crippen LogP contribution >= 0.6 is 0 Å². The van der Waals surface area contributed by atoms with E-state index in [4.69, 9.17) is 0 Å². The molecule has 25 heavy (non-hydrogen) atoms. The van der Waals surface area contributed by atoms with E-state index in [-0.39, 0.29) is 16.8 Å². The maximum Gasteiger partial charge on any atom is 0.339 e. The Labute approximate surface area is 140 Å². The van der Waals surface area contributed by atoms with Gasteiger partial charge in [0.1, 0.15) is 0 Å². The summed E-state index contributed by atoms with van der Waals surface area (Å²) in [5.41, 5.74) is -1.31. The highest BCUT2D eigenvalue weighted by Gasteiger charge is 2.21. The number of esters is 1. The normalized spacial score (nSPS) is 9.96. The van der Waals surface area contributed by atoms with Gasteiger partial charge < -0.3 is 10.1 Å². The molecule has 0 atom stereocenters. The number of nitrogens with one attached hydrogen (secondary N) is 1. The molecule has 2 aromatic rings. The lowest BCUT2D eigenvalue weighted by molar-refractivity contribution is -0.394. The van der Waals surface area contributed by atoms with Gasteiger partial charge in [-0.25, -0.2) is 4.79 Å². The lowest BCUT2D eigenvalue weighted by Gasteiger charge is -2.09. The number of anilines is 1. The number of rotatable bonds is 5. The van der Waals surface area contributed by atoms with E-state index in [0.717, 1.165) is 18.2 Å². The summed E-state index contributed by atoms with van der Waals surface area (Å²) in [5, 5.41) is 24.2. The van der Waals surface area contributed by atoms with Crippen molar-refractivity contribution in [1.29, 1.82) is 0 Å². The third-order valence-corrected chi connectivity index (χ3v) is 3.17. The Hall–Kier alpha value is -3.82. The van der Waals surface area contributed by atoms with Crippen molar-refractivity contribution in [1.82, 2.24) is 0 Å². The average Bonchev–Trinajstić information content (AvgIpc) is 2.60. The van der Waals surface area contributed by atoms with E-state index in [1.807, 2.05) is 0 Å². The molecule has 0 bridgehead atoms. The molecule has 0 aliphatic carbocycles. The smallest absolute Gasteiger partial charge is 0.339 e. The molecule has 0 radical (unpaired) electrons. The summed E-state index contributed by atoms with van der Waals surface area (Å²) in [6, 6.07) is 8.51. The Morgan fingerprint density at radius 1 is 1.00 bits per heavy atom. The Morgan fingerprint density at radius 3 is 2.08 bits per heavy atom. The molecule has 1 N–H and O–H groups in total. The van der Waals surface area contributed by atoms with Crippen molar-refractivity contribution in [2.75, 3.05) is 12.4 Å². The van der Waals surface area contributed by atoms with Gasteiger partial charge >= 0.3 is 5.97 Å². The van der Waals surface area contributed by atoms with E-state index in [9.17, 15) is 29.8 Å². The van der Waals surface area contributed by atoms with Crippen molar-refractivity contribution >= 4 is 28.9 Å². The molecule has 2 rings (SSSR count). The predicted molar refractivity (Wildman–Crippen MR) is 85.5 cm³/mol. The van der Waals surface area contributed by atoms with Crippen LogP contribution in [0.3, 0.4) is 0 Å². The summed E-state index contributed by atoms with van der Waals surface area (Å²) in [7, 11) is 1.17. The molecule has 0 fully saturated rings. The topological polar surface area (TPSA) is 142 Å². The monoisotopic (exact) mass is 345 g/mol. The molecule has 0 saturated heterocycles. The minimum Gasteiger partial charge on any atom is -0.465 e. The summed E-state index contributed by atoms with van der Waals surface area (Å²) in [4.78, 5) is 44.1. The second-order valence-electron chi connectivity index (χ2n) is 4.74. The number of nitrogens with zero attached hydrogens (tertiary/aromatic N) is 2. The van der Waals surface area contributed by atoms with Gasteiger partial charge in [0.25, 0.3) is 17.3 Å². The van der Waals surface area contributed by atoms with Crippen LogP contribution in [-0.2, 0) is 4.74 Å². The van der Waals surface area contributed by atoms with Gasteiger partial charge in [-0.3, -0.25) is 25.0 Å². The molecule has 0 saturated carbocycles. The van der Waals surface area contributed by atoms with Crippen LogP contribution in [0.15, 0.2) is 42.5 Å². The van der Waals surface area contributed by atoms with Crippen molar-refractivity contribution in [2.24, 2.45) is 0 Å². The van der Waals surface area contributed by atoms with E-state index in [2.05, 4.69) is 10.1 Å². The average molecular weight is 345 g/mol. The Balaban J connectivity index is 2.41. The van der Waals surface area contributed by atoms with Gasteiger partial charge in [0.15, 0.2) is 0 Å². The zero-order valence-electron chi connectivity index (χ0n) is 12.8. The van der Waals surface area contributed by atoms with E-state index in [1.165, 1.54) is 19.2 Å². The maximum atomic E-state index is 12.3. The molecule has 0 unspecified atom stereocenters. The number of non-ortho nitro benzene ring substituents is 2. The first-order valence-corrected chi connectivity index (χ1v) is 6.76. The molecular formula is C15H11N3O7. The van der Waals surface area contributed by atoms with E-state index in [1.54, 1.807) is 12.1 Å². The van der Waals surface area contributed by atoms with Gasteiger partial charge in [-0.2, -0.15) is 0 Å². The molecule has 10 nitrogen and oxygen atoms in total. The number of benzene rings is 2. The van der Waals surface area contributed by atoms with E-state index in [0.29, 0.717) is 0 Å². The molecule has 0 heterocycles. The zero-order chi connectivity index (χ0) is 18.6. The minimum atomic E-state index is -0.844. The number of nitro benzene ring substituents is 2. The van der Waals surface area contributed by atoms with Crippen molar-refractivity contribution in [2.45, 2.75) is 0 Å². The number of carbonyl (C=O) groups is 2. The highest BCUT2D eigenvalue weighted by Crippen LogP contribution is 2.24. The van der Waals surface area contributed by atoms with Crippen LogP contribution in [0.25, 0.3) is 0 Å². The summed E-state index contributed by atoms with van der Waals surface area (Å²) in [6.07, 6.45) is 0. The van der Waals surface area contributed by atoms with Gasteiger partial charge in [0.05, 0.1) is 39.8 Å². The van der Waals surface area contributed by atoms with E-state index >= 15 is 0 Å². The Morgan fingerprint density at radius 2 is 1.56 bits per heavy atom. The van der Waals surface area contributed by atoms with Crippen molar-refractivity contribution in [3.8, 4) is 0 Å². The van der Waals surface area contributed by atoms with Crippen molar-refractivity contribution in [3.05, 3.63) is 73.8 Å². The lowest BCUT2D eigenvalue weighted by Crippen LogP contribution is -2.15. The number of amides is 1. The number of hydrogen-bond donors (Lipinski definition) is 1. The summed E-state index contributed by atoms with van der Waals surface area (Å²) >= 11 is 0. The highest BCUT2D eigenvalue weighted by molar-refractivity contribution is 6.08. The maximum absolute atomic E-state index is 12.3. The fraction of sp³-hybridized carbons (Fsp3) is 0.0667. The van der Waals surface area contributed by atoms with Gasteiger partial charge in [-0.1, -0.05) is 12.1 Å². The first-order chi connectivity index (χ1) is 11.8. The first-order valence-electron chi connectivity index (χ1n) is 6.76. The standard InChI is InChI=1S/C15H11N3O7/c1-25-15(20)12-4-2-3-5-13(12)16-14(19)9-6-10(17(21)22)8-11(7-9)18(23)24/h2-8H,1H3,(H,16,19). The molecule has 0 aliphatic heterocycles. The largest absolute Gasteiger partial charge is 0.465 e. The van der Waals surface area contributed by atoms with E-state index < -0.39 is 33.1 Å². The Kier molecular flexibility index (Phi) is 5.03. The molecule has 10 heteroatoms. The summed E-state index contributed by atoms with van der Waals surface area (Å²) in [6.45, 7) is 0. The fourth-order valence-corrected chi connectivity index (χ4v) is 2.01. The second kappa shape index (κ2) is 7.17. The van der Waals surface area contributed by atoms with Crippen LogP contribution in [0, 0.1) is 20.2 Å². The fourth-order valence-electron chi connectivity index (χ4n) is 2.01. The number of para-hydroxylation sites is 1. The van der Waals surface area contributed by atoms with Crippen LogP contribution in [0.1, 0.15) is 20.7 Å². The minimum absolute atomic E-state index is 0.0679. The molecule has 0 aromatic heterocycles. The van der Waals surface area contributed by atoms with Gasteiger partial charge in [0.2, 0.25) is 0 Å². The van der Waals surface area contributed by atoms with Crippen LogP contribution < -0.4 is 5.32 Å². The number of methoxy groups -OCH3 is 1. The summed E-state index contributed by atoms with van der Waals surface area (Å²) in [5.74, 6) is -1.54. The Bertz CT molecular complexity index is 847. The lowest BCUT2D eigenvalue weighted by atomic mass is 10.1. The van der Waals surface area contributed by atoms with Crippen molar-refractivity contribution in [3.63, 3.8) is 0 Å². The first kappa shape index (κ1) is 17.5. The molecule has 2 aromatic carbocycles.